The molecule has 1 aromatic heterocycles. The molecule has 21 heavy (non-hydrogen) atoms. The molecule has 0 fully saturated rings. The van der Waals surface area contributed by atoms with E-state index >= 15 is 0 Å². The lowest BCUT2D eigenvalue weighted by atomic mass is 10.1. The Hall–Kier alpha value is -2.11. The van der Waals surface area contributed by atoms with Crippen molar-refractivity contribution in [2.24, 2.45) is 0 Å². The van der Waals surface area contributed by atoms with Gasteiger partial charge in [-0.05, 0) is 30.0 Å². The van der Waals surface area contributed by atoms with Crippen molar-refractivity contribution in [3.8, 4) is 0 Å². The van der Waals surface area contributed by atoms with Crippen molar-refractivity contribution in [2.45, 2.75) is 25.9 Å². The summed E-state index contributed by atoms with van der Waals surface area (Å²) >= 11 is 0. The number of rotatable bonds is 4. The molecule has 0 aliphatic heterocycles. The summed E-state index contributed by atoms with van der Waals surface area (Å²) in [7, 11) is 0. The van der Waals surface area contributed by atoms with Crippen LogP contribution in [0.2, 0.25) is 0 Å². The molecule has 0 amide bonds. The second-order valence-electron chi connectivity index (χ2n) is 4.58. The summed E-state index contributed by atoms with van der Waals surface area (Å²) in [5, 5.41) is 0.661. The highest BCUT2D eigenvalue weighted by molar-refractivity contribution is 6.02. The van der Waals surface area contributed by atoms with Gasteiger partial charge in [-0.2, -0.15) is 13.2 Å². The first-order chi connectivity index (χ1) is 9.93. The van der Waals surface area contributed by atoms with Crippen LogP contribution in [0.15, 0.2) is 30.5 Å². The van der Waals surface area contributed by atoms with E-state index in [9.17, 15) is 18.0 Å². The van der Waals surface area contributed by atoms with E-state index in [2.05, 4.69) is 4.98 Å². The summed E-state index contributed by atoms with van der Waals surface area (Å²) < 4.78 is 43.1. The van der Waals surface area contributed by atoms with Crippen molar-refractivity contribution < 1.29 is 22.7 Å². The van der Waals surface area contributed by atoms with Gasteiger partial charge in [0.05, 0.1) is 12.2 Å². The Kier molecular flexibility index (Phi) is 4.45. The zero-order chi connectivity index (χ0) is 15.5. The second-order valence-corrected chi connectivity index (χ2v) is 4.58. The third kappa shape index (κ3) is 3.51. The zero-order valence-electron chi connectivity index (χ0n) is 11.4. The van der Waals surface area contributed by atoms with Gasteiger partial charge in [0.25, 0.3) is 0 Å². The summed E-state index contributed by atoms with van der Waals surface area (Å²) in [4.78, 5) is 15.8. The summed E-state index contributed by atoms with van der Waals surface area (Å²) in [6, 6.07) is 4.63. The van der Waals surface area contributed by atoms with Crippen LogP contribution < -0.4 is 0 Å². The Bertz CT molecular complexity index is 653. The highest BCUT2D eigenvalue weighted by Crippen LogP contribution is 2.31. The van der Waals surface area contributed by atoms with Crippen molar-refractivity contribution in [3.05, 3.63) is 41.7 Å². The lowest BCUT2D eigenvalue weighted by Crippen LogP contribution is -2.10. The van der Waals surface area contributed by atoms with Gasteiger partial charge in [-0.15, -0.1) is 0 Å². The Morgan fingerprint density at radius 1 is 1.29 bits per heavy atom. The molecule has 0 N–H and O–H groups in total. The highest BCUT2D eigenvalue weighted by atomic mass is 19.4. The molecule has 1 aromatic carbocycles. The highest BCUT2D eigenvalue weighted by Gasteiger charge is 2.30. The quantitative estimate of drug-likeness (QED) is 0.627. The van der Waals surface area contributed by atoms with E-state index < -0.39 is 17.7 Å². The normalized spacial score (nSPS) is 11.6. The van der Waals surface area contributed by atoms with Gasteiger partial charge < -0.3 is 4.74 Å². The SMILES string of the molecule is CCCCOC(=O)c1nccc2cc(C(F)(F)F)ccc12. The molecule has 1 heterocycles. The smallest absolute Gasteiger partial charge is 0.416 e. The maximum absolute atomic E-state index is 12.7. The average Bonchev–Trinajstić information content (AvgIpc) is 2.45. The molecule has 112 valence electrons. The molecule has 0 spiro atoms. The molecule has 0 bridgehead atoms. The van der Waals surface area contributed by atoms with E-state index in [0.29, 0.717) is 10.8 Å². The first kappa shape index (κ1) is 15.3. The third-order valence-corrected chi connectivity index (χ3v) is 3.02. The Morgan fingerprint density at radius 2 is 2.05 bits per heavy atom. The fourth-order valence-corrected chi connectivity index (χ4v) is 1.89. The number of aromatic nitrogens is 1. The van der Waals surface area contributed by atoms with Gasteiger partial charge in [0.2, 0.25) is 0 Å². The molecule has 2 rings (SSSR count). The van der Waals surface area contributed by atoms with Crippen molar-refractivity contribution in [3.63, 3.8) is 0 Å². The molecule has 2 aromatic rings. The molecule has 0 unspecified atom stereocenters. The van der Waals surface area contributed by atoms with E-state index in [-0.39, 0.29) is 12.3 Å². The van der Waals surface area contributed by atoms with Crippen molar-refractivity contribution in [2.75, 3.05) is 6.61 Å². The third-order valence-electron chi connectivity index (χ3n) is 3.02. The minimum absolute atomic E-state index is 0.0392. The van der Waals surface area contributed by atoms with Crippen LogP contribution >= 0.6 is 0 Å². The number of hydrogen-bond donors (Lipinski definition) is 0. The van der Waals surface area contributed by atoms with Gasteiger partial charge in [-0.25, -0.2) is 9.78 Å². The molecule has 0 saturated heterocycles. The van der Waals surface area contributed by atoms with Crippen LogP contribution in [-0.2, 0) is 10.9 Å². The number of nitrogens with zero attached hydrogens (tertiary/aromatic N) is 1. The van der Waals surface area contributed by atoms with Gasteiger partial charge in [0.1, 0.15) is 0 Å². The topological polar surface area (TPSA) is 39.2 Å². The summed E-state index contributed by atoms with van der Waals surface area (Å²) in [5.41, 5.74) is -0.719. The van der Waals surface area contributed by atoms with Crippen LogP contribution in [0.25, 0.3) is 10.8 Å². The van der Waals surface area contributed by atoms with E-state index in [1.807, 2.05) is 6.92 Å². The number of halogens is 3. The number of esters is 1. The van der Waals surface area contributed by atoms with E-state index in [1.165, 1.54) is 18.3 Å². The maximum atomic E-state index is 12.7. The van der Waals surface area contributed by atoms with E-state index in [0.717, 1.165) is 25.0 Å². The van der Waals surface area contributed by atoms with Gasteiger partial charge in [-0.3, -0.25) is 0 Å². The summed E-state index contributed by atoms with van der Waals surface area (Å²) in [6.07, 6.45) is -1.50. The number of carbonyl (C=O) groups is 1. The summed E-state index contributed by atoms with van der Waals surface area (Å²) in [5.74, 6) is -0.617. The van der Waals surface area contributed by atoms with Gasteiger partial charge >= 0.3 is 12.1 Å². The second kappa shape index (κ2) is 6.11. The predicted molar refractivity (Wildman–Crippen MR) is 71.9 cm³/mol. The van der Waals surface area contributed by atoms with Crippen LogP contribution in [-0.4, -0.2) is 17.6 Å². The maximum Gasteiger partial charge on any atom is 0.416 e. The van der Waals surface area contributed by atoms with Gasteiger partial charge in [0, 0.05) is 11.6 Å². The number of fused-ring (bicyclic) bond motifs is 1. The summed E-state index contributed by atoms with van der Waals surface area (Å²) in [6.45, 7) is 2.23. The van der Waals surface area contributed by atoms with E-state index in [1.54, 1.807) is 0 Å². The van der Waals surface area contributed by atoms with Crippen LogP contribution in [0, 0.1) is 0 Å². The number of hydrogen-bond acceptors (Lipinski definition) is 3. The minimum Gasteiger partial charge on any atom is -0.461 e. The predicted octanol–water partition coefficient (Wildman–Crippen LogP) is 4.21. The molecule has 6 heteroatoms. The lowest BCUT2D eigenvalue weighted by Gasteiger charge is -2.09. The van der Waals surface area contributed by atoms with Crippen LogP contribution in [0.4, 0.5) is 13.2 Å². The van der Waals surface area contributed by atoms with Crippen molar-refractivity contribution in [1.82, 2.24) is 4.98 Å². The van der Waals surface area contributed by atoms with Crippen LogP contribution in [0.3, 0.4) is 0 Å². The van der Waals surface area contributed by atoms with Crippen LogP contribution in [0.5, 0.6) is 0 Å². The molecular formula is C15H14F3NO2. The Labute approximate surface area is 119 Å². The standard InChI is InChI=1S/C15H14F3NO2/c1-2-3-8-21-14(20)13-12-5-4-11(15(16,17)18)9-10(12)6-7-19-13/h4-7,9H,2-3,8H2,1H3. The van der Waals surface area contributed by atoms with Gasteiger partial charge in [-0.1, -0.05) is 19.4 Å². The minimum atomic E-state index is -4.42. The number of carbonyl (C=O) groups excluding carboxylic acids is 1. The monoisotopic (exact) mass is 297 g/mol. The van der Waals surface area contributed by atoms with Crippen molar-refractivity contribution >= 4 is 16.7 Å². The molecular weight excluding hydrogens is 283 g/mol. The largest absolute Gasteiger partial charge is 0.461 e. The fourth-order valence-electron chi connectivity index (χ4n) is 1.89. The lowest BCUT2D eigenvalue weighted by molar-refractivity contribution is -0.137. The first-order valence-electron chi connectivity index (χ1n) is 6.56. The first-order valence-corrected chi connectivity index (χ1v) is 6.56. The Balaban J connectivity index is 2.36. The average molecular weight is 297 g/mol. The fraction of sp³-hybridized carbons (Fsp3) is 0.333. The number of unbranched alkanes of at least 4 members (excludes halogenated alkanes) is 1. The van der Waals surface area contributed by atoms with Crippen LogP contribution in [0.1, 0.15) is 35.8 Å². The van der Waals surface area contributed by atoms with Gasteiger partial charge in [0.15, 0.2) is 5.69 Å². The number of pyridine rings is 1. The molecule has 0 aliphatic rings. The molecule has 0 radical (unpaired) electrons. The molecule has 0 saturated carbocycles. The van der Waals surface area contributed by atoms with Crippen molar-refractivity contribution in [1.29, 1.82) is 0 Å². The molecule has 0 atom stereocenters. The molecule has 0 aliphatic carbocycles. The number of ether oxygens (including phenoxy) is 1. The Morgan fingerprint density at radius 3 is 2.71 bits per heavy atom. The number of alkyl halides is 3. The zero-order valence-corrected chi connectivity index (χ0v) is 11.4. The molecule has 3 nitrogen and oxygen atoms in total. The van der Waals surface area contributed by atoms with E-state index in [4.69, 9.17) is 4.74 Å². The number of benzene rings is 1.